The predicted molar refractivity (Wildman–Crippen MR) is 123 cm³/mol. The van der Waals surface area contributed by atoms with Crippen molar-refractivity contribution >= 4 is 29.3 Å². The minimum atomic E-state index is -0.473. The number of nitrogen functional groups attached to an aromatic ring is 1. The van der Waals surface area contributed by atoms with Gasteiger partial charge in [0.05, 0.1) is 6.20 Å². The number of nitrogens with zero attached hydrogens (tertiary/aromatic N) is 5. The second-order valence-electron chi connectivity index (χ2n) is 7.68. The molecule has 0 atom stereocenters. The second kappa shape index (κ2) is 9.01. The highest BCUT2D eigenvalue weighted by Crippen LogP contribution is 2.20. The van der Waals surface area contributed by atoms with Crippen LogP contribution >= 0.6 is 0 Å². The third-order valence-electron chi connectivity index (χ3n) is 5.50. The first-order valence-electron chi connectivity index (χ1n) is 10.4. The van der Waals surface area contributed by atoms with Crippen LogP contribution in [0.1, 0.15) is 32.0 Å². The zero-order valence-electron chi connectivity index (χ0n) is 18.1. The highest BCUT2D eigenvalue weighted by atomic mass is 16.2. The number of hydrogen-bond donors (Lipinski definition) is 2. The molecule has 0 saturated carbocycles. The predicted octanol–water partition coefficient (Wildman–Crippen LogP) is 2.29. The fourth-order valence-corrected chi connectivity index (χ4v) is 3.77. The Labute approximate surface area is 186 Å². The number of piperazine rings is 1. The van der Waals surface area contributed by atoms with Crippen molar-refractivity contribution in [2.24, 2.45) is 0 Å². The van der Waals surface area contributed by atoms with Crippen LogP contribution in [0.3, 0.4) is 0 Å². The number of hydrogen-bond acceptors (Lipinski definition) is 7. The van der Waals surface area contributed by atoms with E-state index in [2.05, 4.69) is 20.3 Å². The normalized spacial score (nSPS) is 13.7. The topological polar surface area (TPSA) is 117 Å². The molecule has 1 aliphatic heterocycles. The van der Waals surface area contributed by atoms with E-state index in [1.165, 1.54) is 0 Å². The number of anilines is 3. The van der Waals surface area contributed by atoms with E-state index in [9.17, 15) is 9.59 Å². The molecule has 4 rings (SSSR count). The van der Waals surface area contributed by atoms with Crippen LogP contribution in [-0.4, -0.2) is 57.8 Å². The SMILES string of the molecule is Cc1cccc(C)c1C(=O)N1CCN(c2cnc(N)c(C(=O)Nc3ccccn3)n2)CC1. The lowest BCUT2D eigenvalue weighted by atomic mass is 10.0. The lowest BCUT2D eigenvalue weighted by molar-refractivity contribution is 0.0745. The number of amides is 2. The highest BCUT2D eigenvalue weighted by Gasteiger charge is 2.26. The summed E-state index contributed by atoms with van der Waals surface area (Å²) in [5.41, 5.74) is 8.67. The van der Waals surface area contributed by atoms with Crippen molar-refractivity contribution in [2.75, 3.05) is 42.1 Å². The maximum Gasteiger partial charge on any atom is 0.279 e. The number of rotatable bonds is 4. The molecule has 0 aliphatic carbocycles. The van der Waals surface area contributed by atoms with Gasteiger partial charge in [0.25, 0.3) is 11.8 Å². The van der Waals surface area contributed by atoms with Crippen LogP contribution in [0.25, 0.3) is 0 Å². The molecular weight excluding hydrogens is 406 g/mol. The van der Waals surface area contributed by atoms with E-state index in [1.54, 1.807) is 30.6 Å². The van der Waals surface area contributed by atoms with Gasteiger partial charge in [0.1, 0.15) is 11.6 Å². The van der Waals surface area contributed by atoms with E-state index < -0.39 is 5.91 Å². The molecule has 32 heavy (non-hydrogen) atoms. The van der Waals surface area contributed by atoms with Crippen LogP contribution in [0, 0.1) is 13.8 Å². The summed E-state index contributed by atoms with van der Waals surface area (Å²) in [6.07, 6.45) is 3.14. The standard InChI is InChI=1S/C23H25N7O2/c1-15-6-5-7-16(2)19(15)23(32)30-12-10-29(11-13-30)18-14-26-21(24)20(28-18)22(31)27-17-8-3-4-9-25-17/h3-9,14H,10-13H2,1-2H3,(H2,24,26)(H,25,27,31). The quantitative estimate of drug-likeness (QED) is 0.651. The number of aryl methyl sites for hydroxylation is 2. The first-order valence-corrected chi connectivity index (χ1v) is 10.4. The van der Waals surface area contributed by atoms with E-state index in [-0.39, 0.29) is 17.4 Å². The van der Waals surface area contributed by atoms with Crippen molar-refractivity contribution in [3.8, 4) is 0 Å². The molecule has 9 heteroatoms. The maximum absolute atomic E-state index is 13.1. The molecule has 2 amide bonds. The molecule has 2 aromatic heterocycles. The molecule has 1 aromatic carbocycles. The summed E-state index contributed by atoms with van der Waals surface area (Å²) in [4.78, 5) is 42.2. The van der Waals surface area contributed by atoms with Crippen LogP contribution in [0.2, 0.25) is 0 Å². The Morgan fingerprint density at radius 2 is 1.69 bits per heavy atom. The molecule has 1 fully saturated rings. The Balaban J connectivity index is 1.45. The molecule has 164 valence electrons. The lowest BCUT2D eigenvalue weighted by Gasteiger charge is -2.35. The number of pyridine rings is 1. The van der Waals surface area contributed by atoms with Gasteiger partial charge in [-0.2, -0.15) is 0 Å². The van der Waals surface area contributed by atoms with Crippen molar-refractivity contribution in [1.82, 2.24) is 19.9 Å². The minimum Gasteiger partial charge on any atom is -0.382 e. The fraction of sp³-hybridized carbons (Fsp3) is 0.261. The number of aromatic nitrogens is 3. The van der Waals surface area contributed by atoms with Crippen LogP contribution in [0.5, 0.6) is 0 Å². The minimum absolute atomic E-state index is 0.0408. The van der Waals surface area contributed by atoms with E-state index in [4.69, 9.17) is 5.73 Å². The molecule has 1 aliphatic rings. The molecule has 0 bridgehead atoms. The Morgan fingerprint density at radius 3 is 2.34 bits per heavy atom. The Morgan fingerprint density at radius 1 is 0.969 bits per heavy atom. The summed E-state index contributed by atoms with van der Waals surface area (Å²) in [7, 11) is 0. The number of carbonyl (C=O) groups excluding carboxylic acids is 2. The maximum atomic E-state index is 13.1. The molecule has 9 nitrogen and oxygen atoms in total. The first-order chi connectivity index (χ1) is 15.4. The van der Waals surface area contributed by atoms with Crippen molar-refractivity contribution in [2.45, 2.75) is 13.8 Å². The van der Waals surface area contributed by atoms with Gasteiger partial charge < -0.3 is 20.9 Å². The van der Waals surface area contributed by atoms with Crippen molar-refractivity contribution in [3.05, 3.63) is 71.2 Å². The molecule has 0 radical (unpaired) electrons. The Bertz CT molecular complexity index is 1120. The van der Waals surface area contributed by atoms with Crippen molar-refractivity contribution in [3.63, 3.8) is 0 Å². The van der Waals surface area contributed by atoms with Crippen LogP contribution in [-0.2, 0) is 0 Å². The molecule has 0 spiro atoms. The van der Waals surface area contributed by atoms with Gasteiger partial charge >= 0.3 is 0 Å². The van der Waals surface area contributed by atoms with E-state index in [1.807, 2.05) is 41.8 Å². The monoisotopic (exact) mass is 431 g/mol. The Kier molecular flexibility index (Phi) is 5.98. The van der Waals surface area contributed by atoms with E-state index in [0.717, 1.165) is 16.7 Å². The van der Waals surface area contributed by atoms with Gasteiger partial charge in [-0.15, -0.1) is 0 Å². The molecular formula is C23H25N7O2. The molecule has 3 heterocycles. The summed E-state index contributed by atoms with van der Waals surface area (Å²) >= 11 is 0. The van der Waals surface area contributed by atoms with Crippen molar-refractivity contribution in [1.29, 1.82) is 0 Å². The third kappa shape index (κ3) is 4.36. The number of nitrogens with two attached hydrogens (primary N) is 1. The zero-order chi connectivity index (χ0) is 22.7. The van der Waals surface area contributed by atoms with Crippen molar-refractivity contribution < 1.29 is 9.59 Å². The molecule has 1 saturated heterocycles. The smallest absolute Gasteiger partial charge is 0.279 e. The molecule has 3 aromatic rings. The number of carbonyl (C=O) groups is 2. The van der Waals surface area contributed by atoms with Crippen LogP contribution in [0.15, 0.2) is 48.8 Å². The summed E-state index contributed by atoms with van der Waals surface area (Å²) in [5, 5.41) is 2.68. The highest BCUT2D eigenvalue weighted by molar-refractivity contribution is 6.05. The van der Waals surface area contributed by atoms with Gasteiger partial charge in [-0.05, 0) is 37.1 Å². The fourth-order valence-electron chi connectivity index (χ4n) is 3.77. The average molecular weight is 432 g/mol. The van der Waals surface area contributed by atoms with E-state index >= 15 is 0 Å². The van der Waals surface area contributed by atoms with Crippen LogP contribution < -0.4 is 16.0 Å². The Hall–Kier alpha value is -4.01. The molecule has 3 N–H and O–H groups in total. The zero-order valence-corrected chi connectivity index (χ0v) is 18.1. The average Bonchev–Trinajstić information content (AvgIpc) is 2.80. The van der Waals surface area contributed by atoms with Gasteiger partial charge in [-0.3, -0.25) is 9.59 Å². The molecule has 0 unspecified atom stereocenters. The van der Waals surface area contributed by atoms with Gasteiger partial charge in [0.2, 0.25) is 0 Å². The summed E-state index contributed by atoms with van der Waals surface area (Å²) < 4.78 is 0. The number of benzene rings is 1. The van der Waals surface area contributed by atoms with Gasteiger partial charge in [0.15, 0.2) is 11.5 Å². The summed E-state index contributed by atoms with van der Waals surface area (Å²) in [6, 6.07) is 11.1. The largest absolute Gasteiger partial charge is 0.382 e. The van der Waals surface area contributed by atoms with Gasteiger partial charge in [-0.1, -0.05) is 24.3 Å². The third-order valence-corrected chi connectivity index (χ3v) is 5.50. The lowest BCUT2D eigenvalue weighted by Crippen LogP contribution is -2.49. The first kappa shape index (κ1) is 21.2. The van der Waals surface area contributed by atoms with Crippen LogP contribution in [0.4, 0.5) is 17.5 Å². The second-order valence-corrected chi connectivity index (χ2v) is 7.68. The number of nitrogens with one attached hydrogen (secondary N) is 1. The van der Waals surface area contributed by atoms with E-state index in [0.29, 0.717) is 37.8 Å². The van der Waals surface area contributed by atoms with Gasteiger partial charge in [-0.25, -0.2) is 15.0 Å². The van der Waals surface area contributed by atoms with Gasteiger partial charge in [0, 0.05) is 37.9 Å². The summed E-state index contributed by atoms with van der Waals surface area (Å²) in [5.74, 6) is 0.566. The summed E-state index contributed by atoms with van der Waals surface area (Å²) in [6.45, 7) is 6.17.